The van der Waals surface area contributed by atoms with Crippen LogP contribution in [0.15, 0.2) is 0 Å². The molecule has 0 saturated carbocycles. The van der Waals surface area contributed by atoms with E-state index in [4.69, 9.17) is 4.74 Å². The van der Waals surface area contributed by atoms with Crippen molar-refractivity contribution in [1.29, 1.82) is 0 Å². The van der Waals surface area contributed by atoms with E-state index in [2.05, 4.69) is 16.7 Å². The largest absolute Gasteiger partial charge is 0.395 e. The van der Waals surface area contributed by atoms with Crippen LogP contribution in [0.3, 0.4) is 0 Å². The Morgan fingerprint density at radius 3 is 3.00 bits per heavy atom. The second-order valence-corrected chi connectivity index (χ2v) is 4.86. The molecule has 0 aromatic carbocycles. The van der Waals surface area contributed by atoms with Crippen molar-refractivity contribution < 1.29 is 9.84 Å². The molecular formula is C12H24N2O2. The minimum Gasteiger partial charge on any atom is -0.395 e. The normalized spacial score (nSPS) is 33.4. The highest BCUT2D eigenvalue weighted by Gasteiger charge is 2.28. The van der Waals surface area contributed by atoms with E-state index in [0.29, 0.717) is 18.8 Å². The molecule has 0 spiro atoms. The lowest BCUT2D eigenvalue weighted by Crippen LogP contribution is -2.48. The van der Waals surface area contributed by atoms with Crippen LogP contribution in [0, 0.1) is 0 Å². The van der Waals surface area contributed by atoms with Gasteiger partial charge in [0.05, 0.1) is 19.3 Å². The molecule has 2 saturated heterocycles. The fourth-order valence-electron chi connectivity index (χ4n) is 2.78. The van der Waals surface area contributed by atoms with Crippen LogP contribution in [0.25, 0.3) is 0 Å². The molecule has 0 aromatic rings. The molecule has 16 heavy (non-hydrogen) atoms. The smallest absolute Gasteiger partial charge is 0.0829 e. The molecule has 4 heteroatoms. The van der Waals surface area contributed by atoms with Gasteiger partial charge in [-0.05, 0) is 25.9 Å². The van der Waals surface area contributed by atoms with Crippen LogP contribution in [-0.2, 0) is 4.74 Å². The number of rotatable bonds is 4. The lowest BCUT2D eigenvalue weighted by atomic mass is 10.2. The highest BCUT2D eigenvalue weighted by atomic mass is 16.5. The first-order valence-corrected chi connectivity index (χ1v) is 6.52. The first-order valence-electron chi connectivity index (χ1n) is 6.52. The van der Waals surface area contributed by atoms with Gasteiger partial charge < -0.3 is 9.84 Å². The van der Waals surface area contributed by atoms with Crippen LogP contribution < -0.4 is 0 Å². The first kappa shape index (κ1) is 12.3. The van der Waals surface area contributed by atoms with Gasteiger partial charge in [-0.25, -0.2) is 0 Å². The maximum absolute atomic E-state index is 9.27. The van der Waals surface area contributed by atoms with Crippen molar-refractivity contribution in [2.24, 2.45) is 0 Å². The van der Waals surface area contributed by atoms with Crippen molar-refractivity contribution in [3.63, 3.8) is 0 Å². The first-order chi connectivity index (χ1) is 7.83. The summed E-state index contributed by atoms with van der Waals surface area (Å²) in [6.07, 6.45) is 2.69. The molecule has 0 amide bonds. The van der Waals surface area contributed by atoms with Crippen LogP contribution in [0.1, 0.15) is 19.8 Å². The van der Waals surface area contributed by atoms with E-state index in [0.717, 1.165) is 45.8 Å². The molecule has 1 unspecified atom stereocenters. The highest BCUT2D eigenvalue weighted by molar-refractivity contribution is 4.82. The molecule has 0 bridgehead atoms. The molecule has 0 aromatic heterocycles. The standard InChI is InChI=1S/C12H24N2O2/c1-2-13-6-7-16-12(8-13)9-14-5-3-4-11(14)10-15/h11-12,15H,2-10H2,1H3/t11-,12?/m0/s1. The number of likely N-dealkylation sites (tertiary alicyclic amines) is 1. The van der Waals surface area contributed by atoms with Crippen molar-refractivity contribution in [3.05, 3.63) is 0 Å². The summed E-state index contributed by atoms with van der Waals surface area (Å²) in [5.74, 6) is 0. The number of aliphatic hydroxyl groups excluding tert-OH is 1. The Kier molecular flexibility index (Phi) is 4.58. The summed E-state index contributed by atoms with van der Waals surface area (Å²) in [5, 5.41) is 9.27. The average Bonchev–Trinajstić information content (AvgIpc) is 2.76. The lowest BCUT2D eigenvalue weighted by molar-refractivity contribution is -0.0454. The predicted molar refractivity (Wildman–Crippen MR) is 63.5 cm³/mol. The summed E-state index contributed by atoms with van der Waals surface area (Å²) in [6.45, 7) is 8.69. The zero-order valence-electron chi connectivity index (χ0n) is 10.3. The monoisotopic (exact) mass is 228 g/mol. The van der Waals surface area contributed by atoms with Crippen LogP contribution in [0.2, 0.25) is 0 Å². The third-order valence-corrected chi connectivity index (χ3v) is 3.82. The molecule has 2 fully saturated rings. The van der Waals surface area contributed by atoms with Gasteiger partial charge in [0, 0.05) is 25.7 Å². The SMILES string of the molecule is CCN1CCOC(CN2CCC[C@H]2CO)C1. The van der Waals surface area contributed by atoms with Crippen LogP contribution in [0.4, 0.5) is 0 Å². The van der Waals surface area contributed by atoms with E-state index in [9.17, 15) is 5.11 Å². The molecule has 2 atom stereocenters. The van der Waals surface area contributed by atoms with Gasteiger partial charge in [-0.3, -0.25) is 9.80 Å². The Bertz CT molecular complexity index is 213. The number of morpholine rings is 1. The topological polar surface area (TPSA) is 35.9 Å². The molecule has 0 radical (unpaired) electrons. The van der Waals surface area contributed by atoms with E-state index in [1.165, 1.54) is 6.42 Å². The second-order valence-electron chi connectivity index (χ2n) is 4.86. The quantitative estimate of drug-likeness (QED) is 0.744. The third-order valence-electron chi connectivity index (χ3n) is 3.82. The lowest BCUT2D eigenvalue weighted by Gasteiger charge is -2.35. The third kappa shape index (κ3) is 2.94. The second kappa shape index (κ2) is 5.96. The number of likely N-dealkylation sites (N-methyl/N-ethyl adjacent to an activating group) is 1. The molecule has 0 aliphatic carbocycles. The maximum atomic E-state index is 9.27. The highest BCUT2D eigenvalue weighted by Crippen LogP contribution is 2.18. The van der Waals surface area contributed by atoms with Crippen molar-refractivity contribution >= 4 is 0 Å². The number of nitrogens with zero attached hydrogens (tertiary/aromatic N) is 2. The summed E-state index contributed by atoms with van der Waals surface area (Å²) >= 11 is 0. The Labute approximate surface area is 98.2 Å². The van der Waals surface area contributed by atoms with Gasteiger partial charge >= 0.3 is 0 Å². The van der Waals surface area contributed by atoms with Crippen molar-refractivity contribution in [3.8, 4) is 0 Å². The molecule has 4 nitrogen and oxygen atoms in total. The van der Waals surface area contributed by atoms with Crippen molar-refractivity contribution in [2.45, 2.75) is 31.9 Å². The molecular weight excluding hydrogens is 204 g/mol. The van der Waals surface area contributed by atoms with Crippen LogP contribution in [-0.4, -0.2) is 73.0 Å². The van der Waals surface area contributed by atoms with Gasteiger partial charge in [-0.2, -0.15) is 0 Å². The number of hydrogen-bond acceptors (Lipinski definition) is 4. The molecule has 94 valence electrons. The van der Waals surface area contributed by atoms with E-state index in [-0.39, 0.29) is 0 Å². The molecule has 2 aliphatic heterocycles. The summed E-state index contributed by atoms with van der Waals surface area (Å²) < 4.78 is 5.80. The van der Waals surface area contributed by atoms with E-state index in [1.54, 1.807) is 0 Å². The minimum absolute atomic E-state index is 0.296. The predicted octanol–water partition coefficient (Wildman–Crippen LogP) is 0.164. The number of hydrogen-bond donors (Lipinski definition) is 1. The molecule has 2 rings (SSSR count). The zero-order valence-corrected chi connectivity index (χ0v) is 10.3. The average molecular weight is 228 g/mol. The molecule has 2 heterocycles. The minimum atomic E-state index is 0.296. The fourth-order valence-corrected chi connectivity index (χ4v) is 2.78. The Balaban J connectivity index is 1.79. The number of ether oxygens (including phenoxy) is 1. The molecule has 1 N–H and O–H groups in total. The summed E-state index contributed by atoms with van der Waals surface area (Å²) in [5.41, 5.74) is 0. The summed E-state index contributed by atoms with van der Waals surface area (Å²) in [4.78, 5) is 4.84. The van der Waals surface area contributed by atoms with E-state index in [1.807, 2.05) is 0 Å². The van der Waals surface area contributed by atoms with Gasteiger partial charge in [-0.15, -0.1) is 0 Å². The summed E-state index contributed by atoms with van der Waals surface area (Å²) in [7, 11) is 0. The van der Waals surface area contributed by atoms with Crippen LogP contribution in [0.5, 0.6) is 0 Å². The van der Waals surface area contributed by atoms with Gasteiger partial charge in [0.25, 0.3) is 0 Å². The van der Waals surface area contributed by atoms with Crippen molar-refractivity contribution in [2.75, 3.05) is 45.9 Å². The maximum Gasteiger partial charge on any atom is 0.0829 e. The van der Waals surface area contributed by atoms with Crippen molar-refractivity contribution in [1.82, 2.24) is 9.80 Å². The van der Waals surface area contributed by atoms with Crippen LogP contribution >= 0.6 is 0 Å². The summed E-state index contributed by atoms with van der Waals surface area (Å²) in [6, 6.07) is 0.376. The molecule has 2 aliphatic rings. The van der Waals surface area contributed by atoms with Gasteiger partial charge in [0.2, 0.25) is 0 Å². The Hall–Kier alpha value is -0.160. The van der Waals surface area contributed by atoms with Gasteiger partial charge in [-0.1, -0.05) is 6.92 Å². The zero-order chi connectivity index (χ0) is 11.4. The fraction of sp³-hybridized carbons (Fsp3) is 1.00. The van der Waals surface area contributed by atoms with E-state index >= 15 is 0 Å². The number of aliphatic hydroxyl groups is 1. The van der Waals surface area contributed by atoms with Gasteiger partial charge in [0.1, 0.15) is 0 Å². The Morgan fingerprint density at radius 2 is 2.25 bits per heavy atom. The Morgan fingerprint density at radius 1 is 1.38 bits per heavy atom. The van der Waals surface area contributed by atoms with Gasteiger partial charge in [0.15, 0.2) is 0 Å². The van der Waals surface area contributed by atoms with E-state index < -0.39 is 0 Å².